The number of quaternary nitrogens is 1. The summed E-state index contributed by atoms with van der Waals surface area (Å²) in [4.78, 5) is 1.37. The number of hydrogen-bond acceptors (Lipinski definition) is 1. The molecule has 1 aromatic carbocycles. The third kappa shape index (κ3) is 5.81. The lowest BCUT2D eigenvalue weighted by Gasteiger charge is -2.23. The minimum atomic E-state index is -0.310. The van der Waals surface area contributed by atoms with Crippen LogP contribution in [0, 0.1) is 11.7 Å². The quantitative estimate of drug-likeness (QED) is 0.767. The zero-order valence-corrected chi connectivity index (χ0v) is 14.3. The van der Waals surface area contributed by atoms with Crippen molar-refractivity contribution >= 4 is 0 Å². The summed E-state index contributed by atoms with van der Waals surface area (Å²) in [6.45, 7) is 9.54. The molecule has 0 fully saturated rings. The zero-order valence-electron chi connectivity index (χ0n) is 14.3. The van der Waals surface area contributed by atoms with Crippen molar-refractivity contribution in [2.75, 3.05) is 13.1 Å². The second-order valence-corrected chi connectivity index (χ2v) is 6.84. The van der Waals surface area contributed by atoms with E-state index >= 15 is 0 Å². The Bertz CT molecular complexity index is 597. The Morgan fingerprint density at radius 1 is 1.13 bits per heavy atom. The van der Waals surface area contributed by atoms with Crippen LogP contribution < -0.4 is 4.90 Å². The van der Waals surface area contributed by atoms with Crippen LogP contribution in [-0.4, -0.2) is 28.9 Å². The number of hydrogen-bond donors (Lipinski definition) is 2. The van der Waals surface area contributed by atoms with Crippen LogP contribution in [-0.2, 0) is 13.1 Å². The number of benzene rings is 1. The fraction of sp³-hybridized carbons (Fsp3) is 0.474. The van der Waals surface area contributed by atoms with Crippen LogP contribution in [0.3, 0.4) is 0 Å². The minimum Gasteiger partial charge on any atom is -0.388 e. The molecule has 0 saturated carbocycles. The van der Waals surface area contributed by atoms with E-state index in [0.717, 1.165) is 25.2 Å². The Balaban J connectivity index is 2.09. The van der Waals surface area contributed by atoms with Crippen molar-refractivity contribution in [1.82, 2.24) is 4.57 Å². The average Bonchev–Trinajstić information content (AvgIpc) is 2.84. The number of halogens is 1. The second-order valence-electron chi connectivity index (χ2n) is 6.84. The molecule has 2 N–H and O–H groups in total. The molecule has 0 amide bonds. The van der Waals surface area contributed by atoms with Gasteiger partial charge in [-0.2, -0.15) is 0 Å². The largest absolute Gasteiger partial charge is 0.388 e. The molecule has 23 heavy (non-hydrogen) atoms. The topological polar surface area (TPSA) is 29.6 Å². The maximum atomic E-state index is 13.4. The van der Waals surface area contributed by atoms with E-state index in [0.29, 0.717) is 12.5 Å². The van der Waals surface area contributed by atoms with Gasteiger partial charge in [-0.25, -0.2) is 4.39 Å². The Morgan fingerprint density at radius 3 is 2.57 bits per heavy atom. The van der Waals surface area contributed by atoms with Crippen LogP contribution in [0.4, 0.5) is 4.39 Å². The van der Waals surface area contributed by atoms with E-state index in [2.05, 4.69) is 24.5 Å². The van der Waals surface area contributed by atoms with E-state index in [-0.39, 0.29) is 11.9 Å². The van der Waals surface area contributed by atoms with Gasteiger partial charge in [0.05, 0.1) is 12.2 Å². The van der Waals surface area contributed by atoms with E-state index in [1.165, 1.54) is 16.7 Å². The van der Waals surface area contributed by atoms with Crippen LogP contribution in [0.1, 0.15) is 32.0 Å². The summed E-state index contributed by atoms with van der Waals surface area (Å²) >= 11 is 0. The molecule has 2 aromatic rings. The maximum Gasteiger partial charge on any atom is 0.123 e. The standard InChI is InChI=1S/C19H27FN2O/c1-15(2)11-21(12-16(3)23)14-19-8-5-9-22(19)13-17-6-4-7-18(20)10-17/h4-10,15-16,23H,11-14H2,1-3H3/p+1/t16-/m0/s1. The normalized spacial score (nSPS) is 14.2. The molecule has 0 radical (unpaired) electrons. The Morgan fingerprint density at radius 2 is 1.91 bits per heavy atom. The summed E-state index contributed by atoms with van der Waals surface area (Å²) in [5, 5.41) is 9.73. The maximum absolute atomic E-state index is 13.4. The summed E-state index contributed by atoms with van der Waals surface area (Å²) in [5.74, 6) is 0.382. The second kappa shape index (κ2) is 8.27. The highest BCUT2D eigenvalue weighted by molar-refractivity contribution is 5.18. The van der Waals surface area contributed by atoms with Crippen LogP contribution in [0.2, 0.25) is 0 Å². The first-order valence-electron chi connectivity index (χ1n) is 8.34. The molecule has 0 aliphatic heterocycles. The molecule has 2 atom stereocenters. The lowest BCUT2D eigenvalue weighted by atomic mass is 10.2. The van der Waals surface area contributed by atoms with Gasteiger partial charge >= 0.3 is 0 Å². The first-order valence-corrected chi connectivity index (χ1v) is 8.34. The zero-order chi connectivity index (χ0) is 16.8. The van der Waals surface area contributed by atoms with Crippen LogP contribution >= 0.6 is 0 Å². The van der Waals surface area contributed by atoms with Gasteiger partial charge in [-0.15, -0.1) is 0 Å². The molecule has 0 bridgehead atoms. The summed E-state index contributed by atoms with van der Waals surface area (Å²) < 4.78 is 15.5. The van der Waals surface area contributed by atoms with Gasteiger partial charge in [0.2, 0.25) is 0 Å². The highest BCUT2D eigenvalue weighted by atomic mass is 19.1. The Labute approximate surface area is 138 Å². The molecule has 0 aliphatic carbocycles. The van der Waals surface area contributed by atoms with Gasteiger partial charge < -0.3 is 14.6 Å². The highest BCUT2D eigenvalue weighted by Crippen LogP contribution is 2.09. The first kappa shape index (κ1) is 17.7. The molecule has 126 valence electrons. The lowest BCUT2D eigenvalue weighted by Crippen LogP contribution is -3.12. The fourth-order valence-electron chi connectivity index (χ4n) is 3.08. The molecule has 0 spiro atoms. The van der Waals surface area contributed by atoms with Crippen LogP contribution in [0.15, 0.2) is 42.6 Å². The number of nitrogens with zero attached hydrogens (tertiary/aromatic N) is 1. The highest BCUT2D eigenvalue weighted by Gasteiger charge is 2.16. The predicted molar refractivity (Wildman–Crippen MR) is 90.9 cm³/mol. The first-order chi connectivity index (χ1) is 10.9. The molecule has 4 heteroatoms. The van der Waals surface area contributed by atoms with Crippen molar-refractivity contribution in [3.63, 3.8) is 0 Å². The van der Waals surface area contributed by atoms with Gasteiger partial charge in [0.1, 0.15) is 25.0 Å². The monoisotopic (exact) mass is 319 g/mol. The summed E-state index contributed by atoms with van der Waals surface area (Å²) in [5.41, 5.74) is 2.17. The molecule has 1 aromatic heterocycles. The van der Waals surface area contributed by atoms with Gasteiger partial charge in [0, 0.05) is 18.7 Å². The number of nitrogens with one attached hydrogen (secondary N) is 1. The van der Waals surface area contributed by atoms with Gasteiger partial charge in [-0.3, -0.25) is 0 Å². The van der Waals surface area contributed by atoms with Crippen LogP contribution in [0.25, 0.3) is 0 Å². The summed E-state index contributed by atoms with van der Waals surface area (Å²) in [7, 11) is 0. The van der Waals surface area contributed by atoms with Crippen molar-refractivity contribution in [3.05, 3.63) is 59.7 Å². The van der Waals surface area contributed by atoms with E-state index in [1.807, 2.05) is 25.3 Å². The van der Waals surface area contributed by atoms with Crippen molar-refractivity contribution in [2.45, 2.75) is 40.0 Å². The molecular weight excluding hydrogens is 291 g/mol. The number of aliphatic hydroxyl groups is 1. The third-order valence-corrected chi connectivity index (χ3v) is 3.88. The van der Waals surface area contributed by atoms with Crippen LogP contribution in [0.5, 0.6) is 0 Å². The smallest absolute Gasteiger partial charge is 0.123 e. The predicted octanol–water partition coefficient (Wildman–Crippen LogP) is 2.10. The van der Waals surface area contributed by atoms with E-state index in [1.54, 1.807) is 12.1 Å². The van der Waals surface area contributed by atoms with Gasteiger partial charge in [0.15, 0.2) is 0 Å². The van der Waals surface area contributed by atoms with Crippen molar-refractivity contribution in [1.29, 1.82) is 0 Å². The SMILES string of the molecule is CC(C)C[NH+](Cc1cccn1Cc1cccc(F)c1)C[C@H](C)O. The number of rotatable bonds is 8. The van der Waals surface area contributed by atoms with Gasteiger partial charge in [0.25, 0.3) is 0 Å². The summed E-state index contributed by atoms with van der Waals surface area (Å²) in [6, 6.07) is 10.9. The molecule has 1 unspecified atom stereocenters. The molecule has 1 heterocycles. The van der Waals surface area contributed by atoms with Crippen molar-refractivity contribution in [3.8, 4) is 0 Å². The number of aromatic nitrogens is 1. The van der Waals surface area contributed by atoms with Gasteiger partial charge in [-0.1, -0.05) is 26.0 Å². The third-order valence-electron chi connectivity index (χ3n) is 3.88. The molecule has 3 nitrogen and oxygen atoms in total. The minimum absolute atomic E-state index is 0.197. The molecule has 0 aliphatic rings. The summed E-state index contributed by atoms with van der Waals surface area (Å²) in [6.07, 6.45) is 1.73. The Kier molecular flexibility index (Phi) is 6.37. The van der Waals surface area contributed by atoms with E-state index in [9.17, 15) is 9.50 Å². The van der Waals surface area contributed by atoms with Crippen molar-refractivity contribution < 1.29 is 14.4 Å². The van der Waals surface area contributed by atoms with E-state index in [4.69, 9.17) is 0 Å². The molecule has 0 saturated heterocycles. The number of aliphatic hydroxyl groups excluding tert-OH is 1. The molecular formula is C19H28FN2O+. The fourth-order valence-corrected chi connectivity index (χ4v) is 3.08. The average molecular weight is 319 g/mol. The van der Waals surface area contributed by atoms with Crippen molar-refractivity contribution in [2.24, 2.45) is 5.92 Å². The van der Waals surface area contributed by atoms with Gasteiger partial charge in [-0.05, 0) is 36.8 Å². The van der Waals surface area contributed by atoms with E-state index < -0.39 is 0 Å². The lowest BCUT2D eigenvalue weighted by molar-refractivity contribution is -0.920. The Hall–Kier alpha value is -1.65. The molecule has 2 rings (SSSR count).